The molecule has 0 aliphatic carbocycles. The fourth-order valence-corrected chi connectivity index (χ4v) is 4.84. The Labute approximate surface area is 215 Å². The molecule has 0 spiro atoms. The molecule has 1 N–H and O–H groups in total. The summed E-state index contributed by atoms with van der Waals surface area (Å²) in [6.07, 6.45) is -0.316. The van der Waals surface area contributed by atoms with Gasteiger partial charge >= 0.3 is 6.09 Å². The Morgan fingerprint density at radius 2 is 1.81 bits per heavy atom. The number of carbonyl (C=O) groups is 2. The molecule has 37 heavy (non-hydrogen) atoms. The van der Waals surface area contributed by atoms with Crippen molar-refractivity contribution < 1.29 is 28.9 Å². The zero-order valence-electron chi connectivity index (χ0n) is 20.5. The standard InChI is InChI=1S/C29H28N2O6/c1-3-13-36-29(34)31-23-16-26(37-18-19-9-5-4-6-10-19)25(35-2)15-22(23)27(32)30-17-21-12-8-7-11-20(21)14-24(30)28(31)33/h3-12,15-16,24,28,33H,1,13-14,17-18H2,2H3/t24-,28?/m0/s1. The lowest BCUT2D eigenvalue weighted by atomic mass is 9.93. The van der Waals surface area contributed by atoms with E-state index in [9.17, 15) is 14.7 Å². The molecule has 2 aliphatic rings. The monoisotopic (exact) mass is 500 g/mol. The van der Waals surface area contributed by atoms with Gasteiger partial charge in [0.1, 0.15) is 13.2 Å². The fourth-order valence-electron chi connectivity index (χ4n) is 4.84. The van der Waals surface area contributed by atoms with Gasteiger partial charge in [-0.25, -0.2) is 9.69 Å². The summed E-state index contributed by atoms with van der Waals surface area (Å²) in [5.41, 5.74) is 3.35. The second-order valence-corrected chi connectivity index (χ2v) is 8.92. The van der Waals surface area contributed by atoms with Gasteiger partial charge in [-0.1, -0.05) is 67.3 Å². The number of hydrogen-bond donors (Lipinski definition) is 1. The van der Waals surface area contributed by atoms with Crippen molar-refractivity contribution in [1.29, 1.82) is 0 Å². The van der Waals surface area contributed by atoms with Crippen LogP contribution in [-0.4, -0.2) is 48.0 Å². The number of fused-ring (bicyclic) bond motifs is 3. The van der Waals surface area contributed by atoms with Gasteiger partial charge in [0.15, 0.2) is 17.7 Å². The van der Waals surface area contributed by atoms with Gasteiger partial charge in [0.25, 0.3) is 5.91 Å². The highest BCUT2D eigenvalue weighted by molar-refractivity contribution is 6.06. The van der Waals surface area contributed by atoms with E-state index in [-0.39, 0.29) is 30.4 Å². The predicted octanol–water partition coefficient (Wildman–Crippen LogP) is 4.30. The van der Waals surface area contributed by atoms with E-state index in [0.717, 1.165) is 21.6 Å². The van der Waals surface area contributed by atoms with Crippen LogP contribution in [0.4, 0.5) is 10.5 Å². The van der Waals surface area contributed by atoms with Crippen LogP contribution in [0.5, 0.6) is 11.5 Å². The van der Waals surface area contributed by atoms with Crippen molar-refractivity contribution in [2.75, 3.05) is 18.6 Å². The van der Waals surface area contributed by atoms with Crippen molar-refractivity contribution in [2.45, 2.75) is 31.8 Å². The van der Waals surface area contributed by atoms with Gasteiger partial charge in [0, 0.05) is 12.6 Å². The third-order valence-electron chi connectivity index (χ3n) is 6.69. The molecular formula is C29H28N2O6. The molecular weight excluding hydrogens is 472 g/mol. The van der Waals surface area contributed by atoms with Crippen LogP contribution < -0.4 is 14.4 Å². The van der Waals surface area contributed by atoms with E-state index in [2.05, 4.69) is 6.58 Å². The van der Waals surface area contributed by atoms with Crippen LogP contribution in [0.1, 0.15) is 27.0 Å². The van der Waals surface area contributed by atoms with Gasteiger partial charge in [-0.3, -0.25) is 4.79 Å². The maximum atomic E-state index is 13.9. The van der Waals surface area contributed by atoms with Crippen LogP contribution in [-0.2, 0) is 24.3 Å². The molecule has 0 aromatic heterocycles. The lowest BCUT2D eigenvalue weighted by molar-refractivity contribution is 0.0299. The lowest BCUT2D eigenvalue weighted by Crippen LogP contribution is -2.55. The summed E-state index contributed by atoms with van der Waals surface area (Å²) in [5.74, 6) is 0.350. The summed E-state index contributed by atoms with van der Waals surface area (Å²) >= 11 is 0. The van der Waals surface area contributed by atoms with Crippen LogP contribution in [0.15, 0.2) is 79.4 Å². The minimum absolute atomic E-state index is 0.0456. The topological polar surface area (TPSA) is 88.5 Å². The van der Waals surface area contributed by atoms with Crippen molar-refractivity contribution in [1.82, 2.24) is 4.90 Å². The Balaban J connectivity index is 1.60. The second-order valence-electron chi connectivity index (χ2n) is 8.92. The third kappa shape index (κ3) is 4.63. The van der Waals surface area contributed by atoms with Crippen LogP contribution >= 0.6 is 0 Å². The molecule has 3 aromatic rings. The van der Waals surface area contributed by atoms with E-state index >= 15 is 0 Å². The summed E-state index contributed by atoms with van der Waals surface area (Å²) in [6, 6.07) is 19.8. The van der Waals surface area contributed by atoms with E-state index in [1.165, 1.54) is 13.2 Å². The summed E-state index contributed by atoms with van der Waals surface area (Å²) in [7, 11) is 1.49. The van der Waals surface area contributed by atoms with Crippen molar-refractivity contribution in [2.24, 2.45) is 0 Å². The second kappa shape index (κ2) is 10.4. The number of anilines is 1. The smallest absolute Gasteiger partial charge is 0.416 e. The molecule has 5 rings (SSSR count). The van der Waals surface area contributed by atoms with Gasteiger partial charge in [0.2, 0.25) is 0 Å². The molecule has 0 saturated carbocycles. The van der Waals surface area contributed by atoms with Gasteiger partial charge in [-0.05, 0) is 29.2 Å². The Morgan fingerprint density at radius 1 is 1.08 bits per heavy atom. The quantitative estimate of drug-likeness (QED) is 0.508. The zero-order valence-corrected chi connectivity index (χ0v) is 20.5. The summed E-state index contributed by atoms with van der Waals surface area (Å²) in [5, 5.41) is 11.6. The maximum Gasteiger partial charge on any atom is 0.416 e. The van der Waals surface area contributed by atoms with Crippen molar-refractivity contribution in [3.63, 3.8) is 0 Å². The molecule has 8 heteroatoms. The van der Waals surface area contributed by atoms with E-state index in [4.69, 9.17) is 14.2 Å². The first kappa shape index (κ1) is 24.4. The van der Waals surface area contributed by atoms with Crippen molar-refractivity contribution >= 4 is 17.7 Å². The van der Waals surface area contributed by atoms with Gasteiger partial charge < -0.3 is 24.2 Å². The molecule has 0 fully saturated rings. The zero-order chi connectivity index (χ0) is 25.9. The Hall–Kier alpha value is -4.30. The third-order valence-corrected chi connectivity index (χ3v) is 6.69. The Kier molecular flexibility index (Phi) is 6.83. The molecule has 3 aromatic carbocycles. The molecule has 0 saturated heterocycles. The van der Waals surface area contributed by atoms with E-state index < -0.39 is 18.4 Å². The van der Waals surface area contributed by atoms with Crippen LogP contribution in [0.2, 0.25) is 0 Å². The van der Waals surface area contributed by atoms with Gasteiger partial charge in [-0.15, -0.1) is 0 Å². The minimum atomic E-state index is -1.36. The summed E-state index contributed by atoms with van der Waals surface area (Å²) in [4.78, 5) is 29.9. The van der Waals surface area contributed by atoms with E-state index in [0.29, 0.717) is 24.5 Å². The molecule has 1 unspecified atom stereocenters. The minimum Gasteiger partial charge on any atom is -0.493 e. The Bertz CT molecular complexity index is 1330. The number of ether oxygens (including phenoxy) is 3. The highest BCUT2D eigenvalue weighted by Gasteiger charge is 2.45. The number of methoxy groups -OCH3 is 1. The number of benzene rings is 3. The molecule has 190 valence electrons. The maximum absolute atomic E-state index is 13.9. The predicted molar refractivity (Wildman–Crippen MR) is 138 cm³/mol. The van der Waals surface area contributed by atoms with Crippen LogP contribution in [0, 0.1) is 0 Å². The first-order chi connectivity index (χ1) is 18.0. The normalized spacial score (nSPS) is 18.2. The highest BCUT2D eigenvalue weighted by Crippen LogP contribution is 2.41. The number of aliphatic hydroxyl groups is 1. The number of rotatable bonds is 6. The first-order valence-electron chi connectivity index (χ1n) is 12.0. The molecule has 0 bridgehead atoms. The van der Waals surface area contributed by atoms with Gasteiger partial charge in [-0.2, -0.15) is 0 Å². The van der Waals surface area contributed by atoms with E-state index in [1.54, 1.807) is 17.0 Å². The van der Waals surface area contributed by atoms with Crippen molar-refractivity contribution in [3.05, 3.63) is 102 Å². The summed E-state index contributed by atoms with van der Waals surface area (Å²) in [6.45, 7) is 4.10. The number of carbonyl (C=O) groups excluding carboxylic acids is 2. The number of hydrogen-bond acceptors (Lipinski definition) is 6. The van der Waals surface area contributed by atoms with Crippen LogP contribution in [0.3, 0.4) is 0 Å². The number of amides is 2. The number of aliphatic hydroxyl groups excluding tert-OH is 1. The molecule has 2 atom stereocenters. The highest BCUT2D eigenvalue weighted by atomic mass is 16.6. The molecule has 0 radical (unpaired) electrons. The Morgan fingerprint density at radius 3 is 2.54 bits per heavy atom. The average Bonchev–Trinajstić information content (AvgIpc) is 3.01. The molecule has 2 aliphatic heterocycles. The van der Waals surface area contributed by atoms with E-state index in [1.807, 2.05) is 54.6 Å². The van der Waals surface area contributed by atoms with Gasteiger partial charge in [0.05, 0.1) is 24.4 Å². The van der Waals surface area contributed by atoms with Crippen LogP contribution in [0.25, 0.3) is 0 Å². The lowest BCUT2D eigenvalue weighted by Gasteiger charge is -2.39. The molecule has 2 amide bonds. The first-order valence-corrected chi connectivity index (χ1v) is 12.0. The average molecular weight is 501 g/mol. The molecule has 8 nitrogen and oxygen atoms in total. The molecule has 2 heterocycles. The fraction of sp³-hybridized carbons (Fsp3) is 0.241. The number of nitrogens with zero attached hydrogens (tertiary/aromatic N) is 2. The van der Waals surface area contributed by atoms with Crippen molar-refractivity contribution in [3.8, 4) is 11.5 Å². The SMILES string of the molecule is C=CCOC(=O)N1c2cc(OCc3ccccc3)c(OC)cc2C(=O)N2Cc3ccccc3C[C@H]2C1O. The largest absolute Gasteiger partial charge is 0.493 e. The summed E-state index contributed by atoms with van der Waals surface area (Å²) < 4.78 is 16.9.